The monoisotopic (exact) mass is 367 g/mol. The van der Waals surface area contributed by atoms with Crippen LogP contribution in [0.4, 0.5) is 10.1 Å². The molecule has 0 saturated heterocycles. The molecule has 0 heterocycles. The first-order chi connectivity index (χ1) is 10.5. The molecule has 1 amide bonds. The van der Waals surface area contributed by atoms with Crippen LogP contribution < -0.4 is 14.8 Å². The summed E-state index contributed by atoms with van der Waals surface area (Å²) in [6.07, 6.45) is 0. The summed E-state index contributed by atoms with van der Waals surface area (Å²) in [6.45, 7) is 2.37. The van der Waals surface area contributed by atoms with Gasteiger partial charge in [-0.3, -0.25) is 4.79 Å². The number of nitrogens with one attached hydrogen (secondary N) is 1. The van der Waals surface area contributed by atoms with E-state index in [0.29, 0.717) is 28.3 Å². The van der Waals surface area contributed by atoms with E-state index in [2.05, 4.69) is 21.2 Å². The maximum absolute atomic E-state index is 13.8. The van der Waals surface area contributed by atoms with Crippen molar-refractivity contribution in [3.05, 3.63) is 52.3 Å². The molecule has 0 bridgehead atoms. The minimum absolute atomic E-state index is 0.0314. The molecule has 0 spiro atoms. The summed E-state index contributed by atoms with van der Waals surface area (Å²) >= 11 is 3.15. The molecule has 0 saturated carbocycles. The van der Waals surface area contributed by atoms with Gasteiger partial charge in [0.25, 0.3) is 5.91 Å². The number of anilines is 1. The SMILES string of the molecule is CCOc1ccc(NC(=O)c2ccc(Br)cc2F)cc1OC. The average molecular weight is 368 g/mol. The topological polar surface area (TPSA) is 47.6 Å². The maximum atomic E-state index is 13.8. The highest BCUT2D eigenvalue weighted by molar-refractivity contribution is 9.10. The van der Waals surface area contributed by atoms with E-state index in [-0.39, 0.29) is 5.56 Å². The van der Waals surface area contributed by atoms with Crippen molar-refractivity contribution in [3.8, 4) is 11.5 Å². The number of methoxy groups -OCH3 is 1. The van der Waals surface area contributed by atoms with Crippen LogP contribution in [0.1, 0.15) is 17.3 Å². The summed E-state index contributed by atoms with van der Waals surface area (Å²) in [5.74, 6) is -0.0465. The Bertz CT molecular complexity index is 691. The molecular weight excluding hydrogens is 353 g/mol. The number of halogens is 2. The van der Waals surface area contributed by atoms with Gasteiger partial charge in [-0.1, -0.05) is 15.9 Å². The van der Waals surface area contributed by atoms with E-state index in [4.69, 9.17) is 9.47 Å². The lowest BCUT2D eigenvalue weighted by Gasteiger charge is -2.12. The Balaban J connectivity index is 2.21. The van der Waals surface area contributed by atoms with Gasteiger partial charge in [-0.05, 0) is 37.3 Å². The first kappa shape index (κ1) is 16.3. The van der Waals surface area contributed by atoms with Crippen LogP contribution in [0.5, 0.6) is 11.5 Å². The van der Waals surface area contributed by atoms with Crippen LogP contribution >= 0.6 is 15.9 Å². The highest BCUT2D eigenvalue weighted by atomic mass is 79.9. The fourth-order valence-corrected chi connectivity index (χ4v) is 2.23. The molecule has 22 heavy (non-hydrogen) atoms. The highest BCUT2D eigenvalue weighted by Gasteiger charge is 2.13. The number of amides is 1. The summed E-state index contributed by atoms with van der Waals surface area (Å²) in [5.41, 5.74) is 0.462. The van der Waals surface area contributed by atoms with E-state index in [9.17, 15) is 9.18 Å². The molecule has 116 valence electrons. The number of benzene rings is 2. The average Bonchev–Trinajstić information content (AvgIpc) is 2.48. The molecule has 1 N–H and O–H groups in total. The van der Waals surface area contributed by atoms with Gasteiger partial charge in [0.2, 0.25) is 0 Å². The second kappa shape index (κ2) is 7.26. The minimum atomic E-state index is -0.593. The first-order valence-corrected chi connectivity index (χ1v) is 7.41. The molecule has 0 aliphatic carbocycles. The maximum Gasteiger partial charge on any atom is 0.258 e. The van der Waals surface area contributed by atoms with Gasteiger partial charge < -0.3 is 14.8 Å². The van der Waals surface area contributed by atoms with Crippen LogP contribution in [0.3, 0.4) is 0 Å². The smallest absolute Gasteiger partial charge is 0.258 e. The lowest BCUT2D eigenvalue weighted by molar-refractivity contribution is 0.102. The summed E-state index contributed by atoms with van der Waals surface area (Å²) < 4.78 is 25.0. The Kier molecular flexibility index (Phi) is 5.38. The molecule has 6 heteroatoms. The van der Waals surface area contributed by atoms with Crippen molar-refractivity contribution in [2.24, 2.45) is 0 Å². The molecule has 0 aromatic heterocycles. The fraction of sp³-hybridized carbons (Fsp3) is 0.188. The van der Waals surface area contributed by atoms with Crippen molar-refractivity contribution in [3.63, 3.8) is 0 Å². The molecule has 2 aromatic rings. The van der Waals surface area contributed by atoms with E-state index in [1.165, 1.54) is 19.2 Å². The zero-order valence-electron chi connectivity index (χ0n) is 12.2. The van der Waals surface area contributed by atoms with Gasteiger partial charge in [-0.15, -0.1) is 0 Å². The molecule has 4 nitrogen and oxygen atoms in total. The number of rotatable bonds is 5. The molecule has 0 radical (unpaired) electrons. The molecule has 2 aromatic carbocycles. The number of hydrogen-bond donors (Lipinski definition) is 1. The van der Waals surface area contributed by atoms with Gasteiger partial charge in [0.05, 0.1) is 19.3 Å². The summed E-state index contributed by atoms with van der Waals surface area (Å²) in [7, 11) is 1.51. The molecule has 0 aliphatic rings. The number of ether oxygens (including phenoxy) is 2. The van der Waals surface area contributed by atoms with E-state index in [0.717, 1.165) is 0 Å². The van der Waals surface area contributed by atoms with E-state index < -0.39 is 11.7 Å². The van der Waals surface area contributed by atoms with Crippen molar-refractivity contribution in [2.45, 2.75) is 6.92 Å². The Morgan fingerprint density at radius 3 is 2.64 bits per heavy atom. The quantitative estimate of drug-likeness (QED) is 0.859. The lowest BCUT2D eigenvalue weighted by atomic mass is 10.2. The van der Waals surface area contributed by atoms with Crippen molar-refractivity contribution in [1.29, 1.82) is 0 Å². The summed E-state index contributed by atoms with van der Waals surface area (Å²) in [4.78, 5) is 12.1. The third-order valence-corrected chi connectivity index (χ3v) is 3.39. The van der Waals surface area contributed by atoms with Gasteiger partial charge in [0.15, 0.2) is 11.5 Å². The largest absolute Gasteiger partial charge is 0.493 e. The molecule has 0 unspecified atom stereocenters. The second-order valence-corrected chi connectivity index (χ2v) is 5.29. The van der Waals surface area contributed by atoms with Gasteiger partial charge in [0, 0.05) is 16.2 Å². The molecule has 2 rings (SSSR count). The van der Waals surface area contributed by atoms with Gasteiger partial charge in [0.1, 0.15) is 5.82 Å². The zero-order chi connectivity index (χ0) is 16.1. The van der Waals surface area contributed by atoms with Crippen molar-refractivity contribution in [1.82, 2.24) is 0 Å². The molecule has 0 aliphatic heterocycles. The van der Waals surface area contributed by atoms with Crippen LogP contribution in [0.15, 0.2) is 40.9 Å². The third kappa shape index (κ3) is 3.76. The van der Waals surface area contributed by atoms with Crippen molar-refractivity contribution in [2.75, 3.05) is 19.0 Å². The number of hydrogen-bond acceptors (Lipinski definition) is 3. The second-order valence-electron chi connectivity index (χ2n) is 4.38. The Labute approximate surface area is 136 Å². The van der Waals surface area contributed by atoms with Crippen LogP contribution in [0.25, 0.3) is 0 Å². The van der Waals surface area contributed by atoms with E-state index in [1.54, 1.807) is 24.3 Å². The van der Waals surface area contributed by atoms with Crippen LogP contribution in [-0.4, -0.2) is 19.6 Å². The minimum Gasteiger partial charge on any atom is -0.493 e. The Morgan fingerprint density at radius 1 is 1.23 bits per heavy atom. The predicted molar refractivity (Wildman–Crippen MR) is 86.2 cm³/mol. The number of carbonyl (C=O) groups is 1. The fourth-order valence-electron chi connectivity index (χ4n) is 1.89. The number of carbonyl (C=O) groups excluding carboxylic acids is 1. The van der Waals surface area contributed by atoms with Crippen molar-refractivity contribution < 1.29 is 18.7 Å². The lowest BCUT2D eigenvalue weighted by Crippen LogP contribution is -2.13. The Hall–Kier alpha value is -2.08. The van der Waals surface area contributed by atoms with Crippen LogP contribution in [0.2, 0.25) is 0 Å². The highest BCUT2D eigenvalue weighted by Crippen LogP contribution is 2.30. The van der Waals surface area contributed by atoms with Gasteiger partial charge in [-0.25, -0.2) is 4.39 Å². The molecular formula is C16H15BrFNO3. The van der Waals surface area contributed by atoms with Crippen molar-refractivity contribution >= 4 is 27.5 Å². The molecule has 0 atom stereocenters. The Morgan fingerprint density at radius 2 is 2.00 bits per heavy atom. The third-order valence-electron chi connectivity index (χ3n) is 2.90. The van der Waals surface area contributed by atoms with E-state index in [1.807, 2.05) is 6.92 Å². The van der Waals surface area contributed by atoms with E-state index >= 15 is 0 Å². The zero-order valence-corrected chi connectivity index (χ0v) is 13.7. The summed E-state index contributed by atoms with van der Waals surface area (Å²) in [6, 6.07) is 9.25. The van der Waals surface area contributed by atoms with Gasteiger partial charge in [-0.2, -0.15) is 0 Å². The van der Waals surface area contributed by atoms with Crippen LogP contribution in [-0.2, 0) is 0 Å². The summed E-state index contributed by atoms with van der Waals surface area (Å²) in [5, 5.41) is 2.63. The van der Waals surface area contributed by atoms with Crippen LogP contribution in [0, 0.1) is 5.82 Å². The standard InChI is InChI=1S/C16H15BrFNO3/c1-3-22-14-7-5-11(9-15(14)21-2)19-16(20)12-6-4-10(17)8-13(12)18/h4-9H,3H2,1-2H3,(H,19,20). The first-order valence-electron chi connectivity index (χ1n) is 6.62. The normalized spacial score (nSPS) is 10.2. The predicted octanol–water partition coefficient (Wildman–Crippen LogP) is 4.25. The van der Waals surface area contributed by atoms with Gasteiger partial charge >= 0.3 is 0 Å². The molecule has 0 fully saturated rings.